The van der Waals surface area contributed by atoms with E-state index in [1.165, 1.54) is 80.4 Å². The standard InChI is InChI=1S/C25H37N5O2S/c1-18-15-21(32-28-18)16-24(31)26-20-7-5-19(6-8-20)9-13-29-14-10-23-22(17-29)27-25(33-23)30-11-3-2-4-12-30/h15,19-20H,2-14,16-17H2,1H3,(H,26,31). The van der Waals surface area contributed by atoms with Crippen LogP contribution in [0.2, 0.25) is 0 Å². The molecule has 0 bridgehead atoms. The summed E-state index contributed by atoms with van der Waals surface area (Å²) in [7, 11) is 0. The van der Waals surface area contributed by atoms with Crippen LogP contribution in [0.25, 0.3) is 0 Å². The molecule has 33 heavy (non-hydrogen) atoms. The molecule has 0 spiro atoms. The number of carbonyl (C=O) groups is 1. The Hall–Kier alpha value is -1.93. The van der Waals surface area contributed by atoms with Gasteiger partial charge in [0.15, 0.2) is 5.13 Å². The third-order valence-corrected chi connectivity index (χ3v) is 8.72. The maximum absolute atomic E-state index is 12.3. The lowest BCUT2D eigenvalue weighted by molar-refractivity contribution is -0.121. The molecule has 7 nitrogen and oxygen atoms in total. The summed E-state index contributed by atoms with van der Waals surface area (Å²) in [6.07, 6.45) is 11.3. The van der Waals surface area contributed by atoms with E-state index >= 15 is 0 Å². The van der Waals surface area contributed by atoms with Gasteiger partial charge in [0.2, 0.25) is 5.91 Å². The Morgan fingerprint density at radius 3 is 2.76 bits per heavy atom. The van der Waals surface area contributed by atoms with Gasteiger partial charge in [0.05, 0.1) is 17.8 Å². The van der Waals surface area contributed by atoms with Crippen LogP contribution in [0.4, 0.5) is 5.13 Å². The molecule has 2 fully saturated rings. The van der Waals surface area contributed by atoms with Gasteiger partial charge in [-0.3, -0.25) is 9.69 Å². The van der Waals surface area contributed by atoms with Crippen LogP contribution in [-0.4, -0.2) is 53.2 Å². The second-order valence-electron chi connectivity index (χ2n) is 10.1. The maximum Gasteiger partial charge on any atom is 0.227 e. The molecule has 2 aromatic rings. The van der Waals surface area contributed by atoms with Gasteiger partial charge in [0.1, 0.15) is 5.76 Å². The molecule has 2 aliphatic heterocycles. The molecule has 5 rings (SSSR count). The number of nitrogens with one attached hydrogen (secondary N) is 1. The summed E-state index contributed by atoms with van der Waals surface area (Å²) in [6, 6.07) is 2.14. The normalized spacial score (nSPS) is 24.0. The Morgan fingerprint density at radius 1 is 1.18 bits per heavy atom. The highest BCUT2D eigenvalue weighted by atomic mass is 32.1. The van der Waals surface area contributed by atoms with Gasteiger partial charge in [-0.1, -0.05) is 5.16 Å². The van der Waals surface area contributed by atoms with E-state index < -0.39 is 0 Å². The predicted molar refractivity (Wildman–Crippen MR) is 131 cm³/mol. The summed E-state index contributed by atoms with van der Waals surface area (Å²) >= 11 is 1.94. The van der Waals surface area contributed by atoms with Gasteiger partial charge in [0.25, 0.3) is 0 Å². The molecule has 8 heteroatoms. The molecule has 4 heterocycles. The van der Waals surface area contributed by atoms with E-state index in [1.54, 1.807) is 0 Å². The van der Waals surface area contributed by atoms with E-state index in [2.05, 4.69) is 20.3 Å². The van der Waals surface area contributed by atoms with E-state index in [9.17, 15) is 4.79 Å². The zero-order valence-electron chi connectivity index (χ0n) is 19.9. The van der Waals surface area contributed by atoms with E-state index in [1.807, 2.05) is 24.3 Å². The smallest absolute Gasteiger partial charge is 0.227 e. The SMILES string of the molecule is Cc1cc(CC(=O)NC2CCC(CCN3CCc4sc(N5CCCCC5)nc4C3)CC2)on1. The average molecular weight is 472 g/mol. The number of hydrogen-bond donors (Lipinski definition) is 1. The summed E-state index contributed by atoms with van der Waals surface area (Å²) in [6.45, 7) is 7.59. The second-order valence-corrected chi connectivity index (χ2v) is 11.2. The van der Waals surface area contributed by atoms with E-state index in [0.29, 0.717) is 11.8 Å². The molecule has 0 radical (unpaired) electrons. The highest BCUT2D eigenvalue weighted by molar-refractivity contribution is 7.15. The minimum atomic E-state index is 0.0471. The van der Waals surface area contributed by atoms with Gasteiger partial charge in [-0.25, -0.2) is 4.98 Å². The monoisotopic (exact) mass is 471 g/mol. The lowest BCUT2D eigenvalue weighted by Gasteiger charge is -2.32. The van der Waals surface area contributed by atoms with Crippen molar-refractivity contribution in [2.45, 2.75) is 83.7 Å². The first-order valence-electron chi connectivity index (χ1n) is 12.8. The molecule has 1 saturated heterocycles. The van der Waals surface area contributed by atoms with Crippen molar-refractivity contribution in [1.82, 2.24) is 20.4 Å². The number of rotatable bonds is 7. The van der Waals surface area contributed by atoms with Crippen molar-refractivity contribution in [1.29, 1.82) is 0 Å². The van der Waals surface area contributed by atoms with Crippen molar-refractivity contribution in [3.63, 3.8) is 0 Å². The molecular formula is C25H37N5O2S. The fraction of sp³-hybridized carbons (Fsp3) is 0.720. The highest BCUT2D eigenvalue weighted by Crippen LogP contribution is 2.33. The number of piperidine rings is 1. The van der Waals surface area contributed by atoms with Gasteiger partial charge in [-0.2, -0.15) is 0 Å². The number of aryl methyl sites for hydroxylation is 1. The van der Waals surface area contributed by atoms with Gasteiger partial charge in [0, 0.05) is 43.2 Å². The molecule has 0 aromatic carbocycles. The fourth-order valence-electron chi connectivity index (χ4n) is 5.55. The van der Waals surface area contributed by atoms with Crippen molar-refractivity contribution >= 4 is 22.4 Å². The zero-order chi connectivity index (χ0) is 22.6. The Bertz CT molecular complexity index is 927. The van der Waals surface area contributed by atoms with Crippen LogP contribution in [0.3, 0.4) is 0 Å². The summed E-state index contributed by atoms with van der Waals surface area (Å²) < 4.78 is 5.16. The molecule has 1 aliphatic carbocycles. The minimum Gasteiger partial charge on any atom is -0.361 e. The Labute approximate surface area is 200 Å². The lowest BCUT2D eigenvalue weighted by atomic mass is 9.84. The van der Waals surface area contributed by atoms with Gasteiger partial charge < -0.3 is 14.7 Å². The van der Waals surface area contributed by atoms with Gasteiger partial charge in [-0.05, 0) is 77.2 Å². The van der Waals surface area contributed by atoms with E-state index in [0.717, 1.165) is 37.4 Å². The Balaban J connectivity index is 1.02. The number of anilines is 1. The number of nitrogens with zero attached hydrogens (tertiary/aromatic N) is 4. The zero-order valence-corrected chi connectivity index (χ0v) is 20.7. The van der Waals surface area contributed by atoms with Crippen LogP contribution in [0.5, 0.6) is 0 Å². The van der Waals surface area contributed by atoms with Crippen LogP contribution in [0.15, 0.2) is 10.6 Å². The lowest BCUT2D eigenvalue weighted by Crippen LogP contribution is -2.39. The molecule has 3 aliphatic rings. The maximum atomic E-state index is 12.3. The quantitative estimate of drug-likeness (QED) is 0.655. The van der Waals surface area contributed by atoms with Crippen LogP contribution >= 0.6 is 11.3 Å². The minimum absolute atomic E-state index is 0.0471. The third-order valence-electron chi connectivity index (χ3n) is 7.50. The Morgan fingerprint density at radius 2 is 2.00 bits per heavy atom. The fourth-order valence-corrected chi connectivity index (χ4v) is 6.66. The summed E-state index contributed by atoms with van der Waals surface area (Å²) in [5.41, 5.74) is 2.15. The molecule has 180 valence electrons. The summed E-state index contributed by atoms with van der Waals surface area (Å²) in [4.78, 5) is 24.0. The molecule has 2 aromatic heterocycles. The summed E-state index contributed by atoms with van der Waals surface area (Å²) in [5.74, 6) is 1.47. The molecule has 1 N–H and O–H groups in total. The average Bonchev–Trinajstić information content (AvgIpc) is 3.44. The van der Waals surface area contributed by atoms with Crippen LogP contribution in [0, 0.1) is 12.8 Å². The molecule has 1 amide bonds. The number of hydrogen-bond acceptors (Lipinski definition) is 7. The van der Waals surface area contributed by atoms with E-state index in [-0.39, 0.29) is 12.3 Å². The van der Waals surface area contributed by atoms with Crippen LogP contribution in [0.1, 0.15) is 73.4 Å². The van der Waals surface area contributed by atoms with Crippen molar-refractivity contribution in [3.05, 3.63) is 28.1 Å². The first-order valence-corrected chi connectivity index (χ1v) is 13.6. The summed E-state index contributed by atoms with van der Waals surface area (Å²) in [5, 5.41) is 8.31. The van der Waals surface area contributed by atoms with Crippen LogP contribution < -0.4 is 10.2 Å². The van der Waals surface area contributed by atoms with Crippen molar-refractivity contribution in [2.75, 3.05) is 31.1 Å². The topological polar surface area (TPSA) is 74.5 Å². The first-order chi connectivity index (χ1) is 16.1. The predicted octanol–water partition coefficient (Wildman–Crippen LogP) is 4.10. The molecule has 1 saturated carbocycles. The number of amides is 1. The number of aromatic nitrogens is 2. The highest BCUT2D eigenvalue weighted by Gasteiger charge is 2.26. The van der Waals surface area contributed by atoms with Crippen molar-refractivity contribution < 1.29 is 9.32 Å². The third kappa shape index (κ3) is 5.96. The number of carbonyl (C=O) groups excluding carboxylic acids is 1. The first kappa shape index (κ1) is 22.8. The molecule has 0 unspecified atom stereocenters. The molecule has 0 atom stereocenters. The number of thiazole rings is 1. The Kier molecular flexibility index (Phi) is 7.30. The van der Waals surface area contributed by atoms with Crippen LogP contribution in [-0.2, 0) is 24.2 Å². The second kappa shape index (κ2) is 10.6. The van der Waals surface area contributed by atoms with Gasteiger partial charge >= 0.3 is 0 Å². The largest absolute Gasteiger partial charge is 0.361 e. The van der Waals surface area contributed by atoms with E-state index in [4.69, 9.17) is 9.51 Å². The molecular weight excluding hydrogens is 434 g/mol. The van der Waals surface area contributed by atoms with Crippen molar-refractivity contribution in [2.24, 2.45) is 5.92 Å². The van der Waals surface area contributed by atoms with Crippen molar-refractivity contribution in [3.8, 4) is 0 Å². The number of fused-ring (bicyclic) bond motifs is 1. The van der Waals surface area contributed by atoms with Gasteiger partial charge in [-0.15, -0.1) is 11.3 Å².